The number of aryl methyl sites for hydroxylation is 1. The molecule has 1 atom stereocenters. The first-order valence-corrected chi connectivity index (χ1v) is 8.71. The Morgan fingerprint density at radius 2 is 1.72 bits per heavy atom. The SMILES string of the molecule is Cc1c2n(c3ccccc13)C(=O)[C@](C)(CC(C)(C)O)c1ccccc1-2. The number of aliphatic hydroxyl groups is 1. The second-order valence-electron chi connectivity index (χ2n) is 8.00. The van der Waals surface area contributed by atoms with Gasteiger partial charge in [-0.15, -0.1) is 0 Å². The minimum absolute atomic E-state index is 0.0348. The number of benzene rings is 2. The zero-order valence-corrected chi connectivity index (χ0v) is 15.1. The van der Waals surface area contributed by atoms with Crippen LogP contribution in [0.2, 0.25) is 0 Å². The molecule has 1 aliphatic heterocycles. The predicted octanol–water partition coefficient (Wildman–Crippen LogP) is 4.69. The maximum atomic E-state index is 13.7. The third-order valence-corrected chi connectivity index (χ3v) is 5.37. The Morgan fingerprint density at radius 1 is 1.08 bits per heavy atom. The van der Waals surface area contributed by atoms with Crippen LogP contribution in [0.5, 0.6) is 0 Å². The van der Waals surface area contributed by atoms with E-state index in [2.05, 4.69) is 19.1 Å². The van der Waals surface area contributed by atoms with E-state index in [0.29, 0.717) is 6.42 Å². The van der Waals surface area contributed by atoms with E-state index < -0.39 is 11.0 Å². The number of aromatic nitrogens is 1. The molecule has 2 aromatic carbocycles. The van der Waals surface area contributed by atoms with Crippen molar-refractivity contribution in [3.63, 3.8) is 0 Å². The third-order valence-electron chi connectivity index (χ3n) is 5.37. The van der Waals surface area contributed by atoms with Gasteiger partial charge in [0, 0.05) is 10.9 Å². The molecule has 0 unspecified atom stereocenters. The van der Waals surface area contributed by atoms with Crippen LogP contribution < -0.4 is 0 Å². The number of fused-ring (bicyclic) bond motifs is 5. The molecular formula is C22H23NO2. The minimum atomic E-state index is -0.937. The van der Waals surface area contributed by atoms with Crippen LogP contribution in [-0.4, -0.2) is 21.2 Å². The van der Waals surface area contributed by atoms with Crippen molar-refractivity contribution in [3.05, 3.63) is 59.7 Å². The molecule has 1 aromatic heterocycles. The fourth-order valence-electron chi connectivity index (χ4n) is 4.50. The van der Waals surface area contributed by atoms with E-state index in [1.165, 1.54) is 0 Å². The average molecular weight is 333 g/mol. The molecule has 2 heterocycles. The number of nitrogens with zero attached hydrogens (tertiary/aromatic N) is 1. The van der Waals surface area contributed by atoms with Gasteiger partial charge in [-0.1, -0.05) is 42.5 Å². The molecule has 4 rings (SSSR count). The summed E-state index contributed by atoms with van der Waals surface area (Å²) in [6, 6.07) is 16.1. The monoisotopic (exact) mass is 333 g/mol. The summed E-state index contributed by atoms with van der Waals surface area (Å²) in [5, 5.41) is 11.6. The van der Waals surface area contributed by atoms with Crippen LogP contribution in [0.25, 0.3) is 22.2 Å². The first-order valence-electron chi connectivity index (χ1n) is 8.71. The van der Waals surface area contributed by atoms with E-state index in [-0.39, 0.29) is 5.91 Å². The standard InChI is InChI=1S/C22H23NO2/c1-14-15-9-6-8-12-18(15)23-19(14)16-10-5-7-11-17(16)22(4,20(23)24)13-21(2,3)25/h5-12,25H,13H2,1-4H3/t22-/m1/s1. The summed E-state index contributed by atoms with van der Waals surface area (Å²) in [4.78, 5) is 13.7. The Kier molecular flexibility index (Phi) is 3.26. The second-order valence-corrected chi connectivity index (χ2v) is 8.00. The van der Waals surface area contributed by atoms with Crippen molar-refractivity contribution in [1.29, 1.82) is 0 Å². The number of carbonyl (C=O) groups excluding carboxylic acids is 1. The van der Waals surface area contributed by atoms with E-state index in [0.717, 1.165) is 33.3 Å². The lowest BCUT2D eigenvalue weighted by atomic mass is 9.70. The average Bonchev–Trinajstić information content (AvgIpc) is 2.85. The first kappa shape index (κ1) is 16.1. The molecule has 3 nitrogen and oxygen atoms in total. The molecule has 0 bridgehead atoms. The Labute approximate surface area is 147 Å². The van der Waals surface area contributed by atoms with Gasteiger partial charge in [-0.2, -0.15) is 0 Å². The van der Waals surface area contributed by atoms with E-state index in [1.54, 1.807) is 13.8 Å². The zero-order chi connectivity index (χ0) is 18.0. The maximum Gasteiger partial charge on any atom is 0.242 e. The highest BCUT2D eigenvalue weighted by Gasteiger charge is 2.46. The lowest BCUT2D eigenvalue weighted by molar-refractivity contribution is 0.0378. The summed E-state index contributed by atoms with van der Waals surface area (Å²) in [5.74, 6) is 0.0348. The number of rotatable bonds is 2. The van der Waals surface area contributed by atoms with E-state index >= 15 is 0 Å². The van der Waals surface area contributed by atoms with Crippen LogP contribution in [0.4, 0.5) is 0 Å². The van der Waals surface area contributed by atoms with E-state index in [9.17, 15) is 9.90 Å². The van der Waals surface area contributed by atoms with E-state index in [1.807, 2.05) is 47.9 Å². The van der Waals surface area contributed by atoms with E-state index in [4.69, 9.17) is 0 Å². The number of hydrogen-bond acceptors (Lipinski definition) is 2. The second kappa shape index (κ2) is 5.06. The van der Waals surface area contributed by atoms with Crippen molar-refractivity contribution in [2.45, 2.75) is 45.1 Å². The highest BCUT2D eigenvalue weighted by Crippen LogP contribution is 2.47. The molecule has 25 heavy (non-hydrogen) atoms. The molecule has 128 valence electrons. The molecule has 0 spiro atoms. The largest absolute Gasteiger partial charge is 0.390 e. The molecule has 1 aliphatic rings. The summed E-state index contributed by atoms with van der Waals surface area (Å²) in [6.07, 6.45) is 0.376. The summed E-state index contributed by atoms with van der Waals surface area (Å²) in [5.41, 5.74) is 3.43. The summed E-state index contributed by atoms with van der Waals surface area (Å²) in [6.45, 7) is 7.57. The Morgan fingerprint density at radius 3 is 2.44 bits per heavy atom. The Hall–Kier alpha value is -2.39. The van der Waals surface area contributed by atoms with Gasteiger partial charge in [0.1, 0.15) is 0 Å². The highest BCUT2D eigenvalue weighted by atomic mass is 16.3. The number of hydrogen-bond donors (Lipinski definition) is 1. The van der Waals surface area contributed by atoms with Crippen molar-refractivity contribution >= 4 is 16.8 Å². The van der Waals surface area contributed by atoms with Gasteiger partial charge in [0.2, 0.25) is 5.91 Å². The fourth-order valence-corrected chi connectivity index (χ4v) is 4.50. The molecule has 0 amide bonds. The molecule has 0 radical (unpaired) electrons. The van der Waals surface area contributed by atoms with Gasteiger partial charge < -0.3 is 5.11 Å². The molecule has 0 saturated heterocycles. The molecular weight excluding hydrogens is 310 g/mol. The molecule has 3 heteroatoms. The van der Waals surface area contributed by atoms with Gasteiger partial charge in [-0.25, -0.2) is 0 Å². The van der Waals surface area contributed by atoms with Crippen molar-refractivity contribution in [2.75, 3.05) is 0 Å². The lowest BCUT2D eigenvalue weighted by Crippen LogP contribution is -2.45. The van der Waals surface area contributed by atoms with Gasteiger partial charge in [0.05, 0.1) is 22.2 Å². The van der Waals surface area contributed by atoms with Crippen molar-refractivity contribution in [1.82, 2.24) is 4.57 Å². The quantitative estimate of drug-likeness (QED) is 0.739. The van der Waals surface area contributed by atoms with Crippen LogP contribution in [0, 0.1) is 6.92 Å². The Balaban J connectivity index is 2.11. The smallest absolute Gasteiger partial charge is 0.242 e. The summed E-state index contributed by atoms with van der Waals surface area (Å²) >= 11 is 0. The predicted molar refractivity (Wildman–Crippen MR) is 101 cm³/mol. The van der Waals surface area contributed by atoms with Crippen LogP contribution in [0.15, 0.2) is 48.5 Å². The van der Waals surface area contributed by atoms with Gasteiger partial charge in [0.15, 0.2) is 0 Å². The Bertz CT molecular complexity index is 1010. The molecule has 0 saturated carbocycles. The summed E-state index contributed by atoms with van der Waals surface area (Å²) in [7, 11) is 0. The van der Waals surface area contributed by atoms with Crippen LogP contribution in [0.3, 0.4) is 0 Å². The lowest BCUT2D eigenvalue weighted by Gasteiger charge is -2.39. The van der Waals surface area contributed by atoms with Gasteiger partial charge in [-0.05, 0) is 51.3 Å². The third kappa shape index (κ3) is 2.19. The summed E-state index contributed by atoms with van der Waals surface area (Å²) < 4.78 is 1.86. The van der Waals surface area contributed by atoms with Crippen molar-refractivity contribution < 1.29 is 9.90 Å². The van der Waals surface area contributed by atoms with Crippen LogP contribution in [-0.2, 0) is 5.41 Å². The molecule has 0 fully saturated rings. The maximum absolute atomic E-state index is 13.7. The number of carbonyl (C=O) groups is 1. The van der Waals surface area contributed by atoms with Gasteiger partial charge in [-0.3, -0.25) is 9.36 Å². The van der Waals surface area contributed by atoms with Gasteiger partial charge in [0.25, 0.3) is 0 Å². The topological polar surface area (TPSA) is 42.2 Å². The van der Waals surface area contributed by atoms with Crippen LogP contribution >= 0.6 is 0 Å². The molecule has 3 aromatic rings. The van der Waals surface area contributed by atoms with Crippen molar-refractivity contribution in [3.8, 4) is 11.3 Å². The van der Waals surface area contributed by atoms with Crippen molar-refractivity contribution in [2.24, 2.45) is 0 Å². The zero-order valence-electron chi connectivity index (χ0n) is 15.1. The fraction of sp³-hybridized carbons (Fsp3) is 0.318. The first-order chi connectivity index (χ1) is 11.7. The normalized spacial score (nSPS) is 19.8. The molecule has 0 aliphatic carbocycles. The van der Waals surface area contributed by atoms with Gasteiger partial charge >= 0.3 is 0 Å². The molecule has 1 N–H and O–H groups in total. The number of para-hydroxylation sites is 1. The minimum Gasteiger partial charge on any atom is -0.390 e. The highest BCUT2D eigenvalue weighted by molar-refractivity contribution is 6.08. The van der Waals surface area contributed by atoms with Crippen LogP contribution in [0.1, 0.15) is 43.1 Å².